The molecule has 2 fully saturated rings. The number of nitrogens with zero attached hydrogens (tertiary/aromatic N) is 1. The minimum atomic E-state index is -2.64. The fourth-order valence-electron chi connectivity index (χ4n) is 4.06. The molecule has 1 aromatic rings. The van der Waals surface area contributed by atoms with E-state index >= 15 is 0 Å². The van der Waals surface area contributed by atoms with E-state index in [0.29, 0.717) is 19.4 Å². The number of carbonyl (C=O) groups excluding carboxylic acids is 1. The Kier molecular flexibility index (Phi) is 5.17. The molecule has 142 valence electrons. The highest BCUT2D eigenvalue weighted by molar-refractivity contribution is 9.10. The Balaban J connectivity index is 1.75. The number of cyclic esters (lactones) is 1. The molecule has 6 heteroatoms. The van der Waals surface area contributed by atoms with Crippen molar-refractivity contribution in [2.75, 3.05) is 6.54 Å². The minimum absolute atomic E-state index is 0.138. The summed E-state index contributed by atoms with van der Waals surface area (Å²) in [5, 5.41) is 0. The van der Waals surface area contributed by atoms with Crippen molar-refractivity contribution in [1.82, 2.24) is 4.90 Å². The van der Waals surface area contributed by atoms with Gasteiger partial charge < -0.3 is 9.64 Å². The molecule has 1 unspecified atom stereocenters. The number of amides is 1. The zero-order chi connectivity index (χ0) is 19.1. The van der Waals surface area contributed by atoms with Crippen LogP contribution in [0.4, 0.5) is 13.6 Å². The number of benzene rings is 1. The Hall–Kier alpha value is -1.43. The second-order valence-corrected chi connectivity index (χ2v) is 8.61. The fourth-order valence-corrected chi connectivity index (χ4v) is 4.32. The molecule has 1 heterocycles. The third-order valence-corrected chi connectivity index (χ3v) is 6.08. The predicted molar refractivity (Wildman–Crippen MR) is 100 cm³/mol. The van der Waals surface area contributed by atoms with Gasteiger partial charge in [0.1, 0.15) is 5.60 Å². The Morgan fingerprint density at radius 1 is 1.38 bits per heavy atom. The standard InChI is InChI=1S/C20H24BrF2NO2/c1-13(2)10-19(16-11-20(22,23)12-16)8-9-24(18(25)26-19)14(3)15-4-6-17(21)7-5-15/h4-7,14,16H,1,8-12H2,2-3H3/t14-,19?/m0/s1. The van der Waals surface area contributed by atoms with Crippen molar-refractivity contribution in [2.45, 2.75) is 57.1 Å². The van der Waals surface area contributed by atoms with Gasteiger partial charge >= 0.3 is 6.09 Å². The lowest BCUT2D eigenvalue weighted by molar-refractivity contribution is -0.191. The van der Waals surface area contributed by atoms with Gasteiger partial charge in [-0.2, -0.15) is 0 Å². The van der Waals surface area contributed by atoms with Gasteiger partial charge in [-0.05, 0) is 31.5 Å². The topological polar surface area (TPSA) is 29.5 Å². The van der Waals surface area contributed by atoms with Crippen LogP contribution in [0.3, 0.4) is 0 Å². The molecule has 1 saturated carbocycles. The molecular formula is C20H24BrF2NO2. The summed E-state index contributed by atoms with van der Waals surface area (Å²) in [6, 6.07) is 7.65. The van der Waals surface area contributed by atoms with E-state index in [4.69, 9.17) is 4.74 Å². The number of carbonyl (C=O) groups is 1. The molecule has 0 radical (unpaired) electrons. The Bertz CT molecular complexity index is 698. The molecule has 3 rings (SSSR count). The average molecular weight is 428 g/mol. The third-order valence-electron chi connectivity index (χ3n) is 5.56. The third kappa shape index (κ3) is 3.80. The summed E-state index contributed by atoms with van der Waals surface area (Å²) in [6.07, 6.45) is 0.141. The van der Waals surface area contributed by atoms with Gasteiger partial charge in [-0.25, -0.2) is 13.6 Å². The molecule has 2 atom stereocenters. The van der Waals surface area contributed by atoms with E-state index in [1.165, 1.54) is 0 Å². The first-order valence-corrected chi connectivity index (χ1v) is 9.68. The van der Waals surface area contributed by atoms with Crippen LogP contribution in [0.25, 0.3) is 0 Å². The molecule has 1 saturated heterocycles. The summed E-state index contributed by atoms with van der Waals surface area (Å²) < 4.78 is 33.7. The zero-order valence-corrected chi connectivity index (χ0v) is 16.7. The first kappa shape index (κ1) is 19.3. The van der Waals surface area contributed by atoms with Crippen LogP contribution in [-0.4, -0.2) is 29.1 Å². The van der Waals surface area contributed by atoms with E-state index in [0.717, 1.165) is 15.6 Å². The lowest BCUT2D eigenvalue weighted by atomic mass is 9.66. The van der Waals surface area contributed by atoms with Crippen LogP contribution in [0.2, 0.25) is 0 Å². The molecule has 1 amide bonds. The summed E-state index contributed by atoms with van der Waals surface area (Å²) in [5.74, 6) is -2.94. The van der Waals surface area contributed by atoms with Crippen molar-refractivity contribution in [2.24, 2.45) is 5.92 Å². The molecular weight excluding hydrogens is 404 g/mol. The van der Waals surface area contributed by atoms with E-state index in [1.54, 1.807) is 4.90 Å². The van der Waals surface area contributed by atoms with Crippen molar-refractivity contribution in [1.29, 1.82) is 0 Å². The van der Waals surface area contributed by atoms with Gasteiger partial charge in [-0.3, -0.25) is 0 Å². The molecule has 26 heavy (non-hydrogen) atoms. The molecule has 1 aromatic carbocycles. The van der Waals surface area contributed by atoms with Gasteiger partial charge in [0.2, 0.25) is 5.92 Å². The van der Waals surface area contributed by atoms with Gasteiger partial charge in [0, 0.05) is 42.6 Å². The van der Waals surface area contributed by atoms with Crippen LogP contribution in [-0.2, 0) is 4.74 Å². The number of hydrogen-bond donors (Lipinski definition) is 0. The molecule has 0 spiro atoms. The Morgan fingerprint density at radius 2 is 2.00 bits per heavy atom. The van der Waals surface area contributed by atoms with E-state index in [2.05, 4.69) is 22.5 Å². The fraction of sp³-hybridized carbons (Fsp3) is 0.550. The first-order chi connectivity index (χ1) is 12.1. The van der Waals surface area contributed by atoms with Gasteiger partial charge in [0.05, 0.1) is 6.04 Å². The van der Waals surface area contributed by atoms with Crippen LogP contribution in [0, 0.1) is 5.92 Å². The van der Waals surface area contributed by atoms with E-state index in [1.807, 2.05) is 38.1 Å². The molecule has 3 nitrogen and oxygen atoms in total. The number of alkyl halides is 2. The van der Waals surface area contributed by atoms with Crippen LogP contribution >= 0.6 is 15.9 Å². The number of halogens is 3. The van der Waals surface area contributed by atoms with Gasteiger partial charge in [0.15, 0.2) is 0 Å². The lowest BCUT2D eigenvalue weighted by Crippen LogP contribution is -2.58. The van der Waals surface area contributed by atoms with E-state index in [-0.39, 0.29) is 24.8 Å². The predicted octanol–water partition coefficient (Wildman–Crippen LogP) is 6.10. The monoisotopic (exact) mass is 427 g/mol. The van der Waals surface area contributed by atoms with Gasteiger partial charge in [0.25, 0.3) is 0 Å². The summed E-state index contributed by atoms with van der Waals surface area (Å²) >= 11 is 3.40. The molecule has 0 N–H and O–H groups in total. The average Bonchev–Trinajstić information content (AvgIpc) is 2.52. The van der Waals surface area contributed by atoms with Crippen LogP contribution < -0.4 is 0 Å². The van der Waals surface area contributed by atoms with Crippen molar-refractivity contribution in [3.63, 3.8) is 0 Å². The number of rotatable bonds is 5. The van der Waals surface area contributed by atoms with Crippen molar-refractivity contribution in [3.8, 4) is 0 Å². The SMILES string of the molecule is C=C(C)CC1(C2CC(F)(F)C2)CCN([C@@H](C)c2ccc(Br)cc2)C(=O)O1. The highest BCUT2D eigenvalue weighted by Crippen LogP contribution is 2.53. The van der Waals surface area contributed by atoms with Crippen molar-refractivity contribution >= 4 is 22.0 Å². The summed E-state index contributed by atoms with van der Waals surface area (Å²) in [6.45, 7) is 8.20. The maximum absolute atomic E-state index is 13.4. The van der Waals surface area contributed by atoms with Crippen LogP contribution in [0.15, 0.2) is 40.9 Å². The van der Waals surface area contributed by atoms with E-state index in [9.17, 15) is 13.6 Å². The molecule has 1 aliphatic heterocycles. The van der Waals surface area contributed by atoms with E-state index < -0.39 is 17.6 Å². The smallest absolute Gasteiger partial charge is 0.410 e. The second kappa shape index (κ2) is 6.95. The van der Waals surface area contributed by atoms with Crippen molar-refractivity contribution < 1.29 is 18.3 Å². The maximum Gasteiger partial charge on any atom is 0.410 e. The highest BCUT2D eigenvalue weighted by Gasteiger charge is 2.58. The normalized spacial score (nSPS) is 26.8. The Morgan fingerprint density at radius 3 is 2.50 bits per heavy atom. The molecule has 0 bridgehead atoms. The second-order valence-electron chi connectivity index (χ2n) is 7.70. The minimum Gasteiger partial charge on any atom is -0.442 e. The summed E-state index contributed by atoms with van der Waals surface area (Å²) in [5.41, 5.74) is 1.01. The Labute approximate surface area is 161 Å². The van der Waals surface area contributed by atoms with Crippen molar-refractivity contribution in [3.05, 3.63) is 46.5 Å². The van der Waals surface area contributed by atoms with Gasteiger partial charge in [-0.15, -0.1) is 0 Å². The number of hydrogen-bond acceptors (Lipinski definition) is 2. The number of ether oxygens (including phenoxy) is 1. The maximum atomic E-state index is 13.4. The largest absolute Gasteiger partial charge is 0.442 e. The molecule has 2 aliphatic rings. The summed E-state index contributed by atoms with van der Waals surface area (Å²) in [7, 11) is 0. The first-order valence-electron chi connectivity index (χ1n) is 8.89. The van der Waals surface area contributed by atoms with Gasteiger partial charge in [-0.1, -0.05) is 40.2 Å². The molecule has 0 aromatic heterocycles. The lowest BCUT2D eigenvalue weighted by Gasteiger charge is -2.52. The highest BCUT2D eigenvalue weighted by atomic mass is 79.9. The zero-order valence-electron chi connectivity index (χ0n) is 15.1. The van der Waals surface area contributed by atoms with Crippen LogP contribution in [0.5, 0.6) is 0 Å². The van der Waals surface area contributed by atoms with Crippen LogP contribution in [0.1, 0.15) is 51.1 Å². The molecule has 1 aliphatic carbocycles. The summed E-state index contributed by atoms with van der Waals surface area (Å²) in [4.78, 5) is 14.4. The quantitative estimate of drug-likeness (QED) is 0.531.